The van der Waals surface area contributed by atoms with Crippen molar-refractivity contribution in [3.63, 3.8) is 0 Å². The molecule has 0 spiro atoms. The van der Waals surface area contributed by atoms with E-state index in [-0.39, 0.29) is 47.1 Å². The van der Waals surface area contributed by atoms with E-state index >= 15 is 0 Å². The number of nitrogens with zero attached hydrogens (tertiary/aromatic N) is 4. The summed E-state index contributed by atoms with van der Waals surface area (Å²) in [5.74, 6) is -0.823. The van der Waals surface area contributed by atoms with Crippen LogP contribution in [0.15, 0.2) is 62.4 Å². The Kier molecular flexibility index (Phi) is 23.9. The summed E-state index contributed by atoms with van der Waals surface area (Å²) >= 11 is 29.2. The van der Waals surface area contributed by atoms with Gasteiger partial charge in [0.05, 0.1) is 53.2 Å². The number of aliphatic carboxylic acids is 1. The molecule has 4 N–H and O–H groups in total. The van der Waals surface area contributed by atoms with E-state index in [1.807, 2.05) is 58.9 Å². The molecule has 2 aromatic carbocycles. The van der Waals surface area contributed by atoms with E-state index in [1.165, 1.54) is 11.0 Å². The summed E-state index contributed by atoms with van der Waals surface area (Å²) in [5.41, 5.74) is 2.48. The molecule has 0 radical (unpaired) electrons. The summed E-state index contributed by atoms with van der Waals surface area (Å²) < 4.78 is 38.2. The van der Waals surface area contributed by atoms with Gasteiger partial charge >= 0.3 is 19.3 Å². The minimum atomic E-state index is -4.10. The van der Waals surface area contributed by atoms with Crippen molar-refractivity contribution < 1.29 is 56.9 Å². The molecule has 374 valence electrons. The lowest BCUT2D eigenvalue weighted by Crippen LogP contribution is -2.45. The standard InChI is InChI=1S/C15H18Cl2N2O3.C14H20ClNO2.C11H13Cl2NO3.C3H8NO5P/c1-8(2)21-12-7-11(9(16)6-10(12)17)19-14(20)22-13(18-19)15(3,4)5;1-4-11-7-6-8-12(5-2)14(11)16(10-18-3)13(17)9-15;1-11(2)14(10(15)9(12)13)6-8(17-11)7-4-3-5-16-7;5-3(6)1-4-2-10(7,8)9/h6-8H,1-5H3;6-8H,4-5,9-10H2,1-3H3;3-5,8-9H,6H2,1-2H3;4H,1-2H2,(H,5,6)(H2,7,8,9). The molecular formula is C43H59Cl5N5O13P. The third kappa shape index (κ3) is 18.6. The van der Waals surface area contributed by atoms with Crippen molar-refractivity contribution >= 4 is 89.1 Å². The van der Waals surface area contributed by atoms with Gasteiger partial charge in [0.2, 0.25) is 11.8 Å². The van der Waals surface area contributed by atoms with Gasteiger partial charge in [-0.3, -0.25) is 29.2 Å². The highest BCUT2D eigenvalue weighted by atomic mass is 35.5. The lowest BCUT2D eigenvalue weighted by molar-refractivity contribution is -0.144. The number of aromatic nitrogens is 2. The predicted octanol–water partition coefficient (Wildman–Crippen LogP) is 8.72. The Hall–Kier alpha value is -3.65. The van der Waals surface area contributed by atoms with E-state index in [4.69, 9.17) is 95.9 Å². The number of hydrogen-bond acceptors (Lipinski definition) is 12. The number of carboxylic acid groups (broad SMARTS) is 1. The molecule has 1 fully saturated rings. The zero-order valence-electron chi connectivity index (χ0n) is 38.9. The number of nitrogens with one attached hydrogen (secondary N) is 1. The maximum atomic E-state index is 12.1. The molecule has 18 nitrogen and oxygen atoms in total. The summed E-state index contributed by atoms with van der Waals surface area (Å²) in [6.45, 7) is 17.4. The van der Waals surface area contributed by atoms with Gasteiger partial charge in [0.25, 0.3) is 5.91 Å². The Bertz CT molecular complexity index is 2310. The summed E-state index contributed by atoms with van der Waals surface area (Å²) in [4.78, 5) is 64.1. The quantitative estimate of drug-likeness (QED) is 0.0495. The lowest BCUT2D eigenvalue weighted by Gasteiger charge is -2.29. The highest BCUT2D eigenvalue weighted by Crippen LogP contribution is 2.37. The van der Waals surface area contributed by atoms with Crippen molar-refractivity contribution in [3.05, 3.63) is 92.1 Å². The van der Waals surface area contributed by atoms with E-state index in [0.29, 0.717) is 34.7 Å². The van der Waals surface area contributed by atoms with Gasteiger partial charge in [-0.15, -0.1) is 16.7 Å². The van der Waals surface area contributed by atoms with Crippen LogP contribution in [0.3, 0.4) is 0 Å². The molecule has 2 aromatic heterocycles. The van der Waals surface area contributed by atoms with Gasteiger partial charge in [0.1, 0.15) is 35.9 Å². The van der Waals surface area contributed by atoms with Crippen molar-refractivity contribution in [3.8, 4) is 11.4 Å². The summed E-state index contributed by atoms with van der Waals surface area (Å²) in [6.07, 6.45) is 2.38. The Morgan fingerprint density at radius 1 is 1.04 bits per heavy atom. The van der Waals surface area contributed by atoms with Gasteiger partial charge < -0.3 is 42.8 Å². The molecule has 0 aliphatic carbocycles. The second-order valence-corrected chi connectivity index (χ2v) is 20.0. The van der Waals surface area contributed by atoms with E-state index in [1.54, 1.807) is 44.3 Å². The molecule has 5 rings (SSSR count). The van der Waals surface area contributed by atoms with Crippen LogP contribution in [0, 0.1) is 0 Å². The first kappa shape index (κ1) is 59.5. The van der Waals surface area contributed by atoms with Gasteiger partial charge in [0.15, 0.2) is 4.84 Å². The Morgan fingerprint density at radius 2 is 1.66 bits per heavy atom. The predicted molar refractivity (Wildman–Crippen MR) is 258 cm³/mol. The van der Waals surface area contributed by atoms with Crippen molar-refractivity contribution in [1.82, 2.24) is 20.0 Å². The SMILES string of the molecule is CC(C)Oc1cc(-n2nc(C(C)(C)C)oc2=O)c(Cl)cc1Cl.CC1(C)OC(c2ccco2)CN1C(=O)C(Cl)Cl.CCc1cccc(CC)c1N(COC)C(=O)CCl.O=C(O)CNCP(=O)(O)O. The number of alkyl halides is 3. The van der Waals surface area contributed by atoms with Crippen molar-refractivity contribution in [2.24, 2.45) is 0 Å². The van der Waals surface area contributed by atoms with E-state index in [2.05, 4.69) is 24.3 Å². The number of amides is 2. The molecule has 24 heteroatoms. The van der Waals surface area contributed by atoms with Crippen molar-refractivity contribution in [2.45, 2.75) is 103 Å². The summed E-state index contributed by atoms with van der Waals surface area (Å²) in [5, 5.41) is 14.9. The fourth-order valence-corrected chi connectivity index (χ4v) is 7.31. The average molecular weight is 1060 g/mol. The fourth-order valence-electron chi connectivity index (χ4n) is 6.02. The Labute approximate surface area is 414 Å². The third-order valence-corrected chi connectivity index (χ3v) is 10.9. The summed E-state index contributed by atoms with van der Waals surface area (Å²) in [6, 6.07) is 12.8. The lowest BCUT2D eigenvalue weighted by atomic mass is 9.97. The van der Waals surface area contributed by atoms with E-state index < -0.39 is 42.7 Å². The molecule has 1 atom stereocenters. The number of anilines is 1. The van der Waals surface area contributed by atoms with Gasteiger partial charge in [-0.1, -0.05) is 99.2 Å². The number of carboxylic acids is 1. The smallest absolute Gasteiger partial charge is 0.442 e. The minimum absolute atomic E-state index is 0.0371. The molecule has 0 saturated carbocycles. The van der Waals surface area contributed by atoms with Crippen molar-refractivity contribution in [1.29, 1.82) is 0 Å². The number of benzene rings is 2. The van der Waals surface area contributed by atoms with Crippen LogP contribution < -0.4 is 20.7 Å². The van der Waals surface area contributed by atoms with Crippen LogP contribution in [0.25, 0.3) is 5.69 Å². The molecule has 67 heavy (non-hydrogen) atoms. The molecule has 1 aliphatic rings. The number of carbonyl (C=O) groups excluding carboxylic acids is 2. The first-order valence-corrected chi connectivity index (χ1v) is 24.6. The Balaban J connectivity index is 0.000000317. The molecule has 1 saturated heterocycles. The van der Waals surface area contributed by atoms with Crippen LogP contribution >= 0.6 is 65.6 Å². The van der Waals surface area contributed by atoms with Gasteiger partial charge in [0, 0.05) is 18.6 Å². The highest BCUT2D eigenvalue weighted by Gasteiger charge is 2.45. The van der Waals surface area contributed by atoms with Gasteiger partial charge in [-0.2, -0.15) is 4.68 Å². The monoisotopic (exact) mass is 1060 g/mol. The van der Waals surface area contributed by atoms with Crippen LogP contribution in [0.5, 0.6) is 5.75 Å². The molecule has 4 aromatic rings. The number of para-hydroxylation sites is 1. The number of ether oxygens (including phenoxy) is 3. The zero-order valence-corrected chi connectivity index (χ0v) is 43.5. The van der Waals surface area contributed by atoms with Crippen LogP contribution in [0.1, 0.15) is 91.2 Å². The second kappa shape index (κ2) is 26.9. The van der Waals surface area contributed by atoms with Crippen LogP contribution in [-0.2, 0) is 46.7 Å². The number of furan rings is 1. The topological polar surface area (TPSA) is 236 Å². The Morgan fingerprint density at radius 3 is 2.10 bits per heavy atom. The van der Waals surface area contributed by atoms with Crippen LogP contribution in [0.4, 0.5) is 5.69 Å². The highest BCUT2D eigenvalue weighted by molar-refractivity contribution is 7.51. The van der Waals surface area contributed by atoms with E-state index in [0.717, 1.165) is 34.3 Å². The molecule has 2 amide bonds. The normalized spacial score (nSPS) is 14.4. The molecule has 1 aliphatic heterocycles. The maximum Gasteiger partial charge on any atom is 0.442 e. The number of carbonyl (C=O) groups is 3. The fraction of sp³-hybridized carbons (Fsp3) is 0.512. The number of methoxy groups -OCH3 is 1. The van der Waals surface area contributed by atoms with E-state index in [9.17, 15) is 23.7 Å². The molecule has 3 heterocycles. The van der Waals surface area contributed by atoms with Crippen LogP contribution in [-0.4, -0.2) is 103 Å². The minimum Gasteiger partial charge on any atom is -0.489 e. The maximum absolute atomic E-state index is 12.1. The number of halogens is 5. The van der Waals surface area contributed by atoms with Crippen molar-refractivity contribution in [2.75, 3.05) is 44.0 Å². The second-order valence-electron chi connectivity index (χ2n) is 16.2. The molecule has 0 bridgehead atoms. The average Bonchev–Trinajstić information content (AvgIpc) is 3.99. The number of rotatable bonds is 15. The number of aryl methyl sites for hydroxylation is 2. The molecule has 1 unspecified atom stereocenters. The van der Waals surface area contributed by atoms with Gasteiger partial charge in [-0.05, 0) is 69.9 Å². The summed E-state index contributed by atoms with van der Waals surface area (Å²) in [7, 11) is -2.52. The third-order valence-electron chi connectivity index (χ3n) is 9.03. The first-order chi connectivity index (χ1) is 31.1. The molecular weight excluding hydrogens is 1000 g/mol. The van der Waals surface area contributed by atoms with Gasteiger partial charge in [-0.25, -0.2) is 4.79 Å². The largest absolute Gasteiger partial charge is 0.489 e. The van der Waals surface area contributed by atoms with Crippen LogP contribution in [0.2, 0.25) is 10.0 Å². The first-order valence-electron chi connectivity index (χ1n) is 20.6. The zero-order chi connectivity index (χ0) is 51.0. The number of hydrogen-bond donors (Lipinski definition) is 4.